The molecule has 4 heteroatoms. The van der Waals surface area contributed by atoms with Gasteiger partial charge in [-0.2, -0.15) is 0 Å². The van der Waals surface area contributed by atoms with Crippen molar-refractivity contribution in [2.24, 2.45) is 0 Å². The van der Waals surface area contributed by atoms with Gasteiger partial charge >= 0.3 is 0 Å². The molecule has 2 N–H and O–H groups in total. The molecule has 0 atom stereocenters. The van der Waals surface area contributed by atoms with Crippen LogP contribution in [0, 0.1) is 6.92 Å². The minimum atomic E-state index is 0.0426. The van der Waals surface area contributed by atoms with Gasteiger partial charge in [0.15, 0.2) is 0 Å². The van der Waals surface area contributed by atoms with Gasteiger partial charge < -0.3 is 10.3 Å². The van der Waals surface area contributed by atoms with E-state index in [9.17, 15) is 4.79 Å². The number of carbonyl (C=O) groups is 1. The van der Waals surface area contributed by atoms with Gasteiger partial charge in [-0.15, -0.1) is 0 Å². The number of carbonyl (C=O) groups excluding carboxylic acids is 1. The standard InChI is InChI=1S/C15H17ClN2O/c1-11-7-13(10-18-11)9-15(19)17-6-5-12-3-2-4-14(16)8-12/h2-4,7-8,10,18H,5-6,9H2,1H3,(H,17,19). The van der Waals surface area contributed by atoms with Gasteiger partial charge in [-0.1, -0.05) is 23.7 Å². The summed E-state index contributed by atoms with van der Waals surface area (Å²) in [5, 5.41) is 3.64. The zero-order valence-corrected chi connectivity index (χ0v) is 11.6. The van der Waals surface area contributed by atoms with Crippen molar-refractivity contribution in [3.63, 3.8) is 0 Å². The molecule has 0 saturated carbocycles. The number of halogens is 1. The second kappa shape index (κ2) is 6.43. The maximum atomic E-state index is 11.7. The maximum Gasteiger partial charge on any atom is 0.224 e. The average Bonchev–Trinajstić information content (AvgIpc) is 2.75. The number of nitrogens with one attached hydrogen (secondary N) is 2. The first-order valence-corrected chi connectivity index (χ1v) is 6.66. The Morgan fingerprint density at radius 3 is 2.84 bits per heavy atom. The number of hydrogen-bond acceptors (Lipinski definition) is 1. The summed E-state index contributed by atoms with van der Waals surface area (Å²) in [5.41, 5.74) is 3.21. The molecule has 100 valence electrons. The Morgan fingerprint density at radius 1 is 1.32 bits per heavy atom. The first-order valence-electron chi connectivity index (χ1n) is 6.28. The molecule has 2 aromatic rings. The van der Waals surface area contributed by atoms with Gasteiger partial charge in [-0.05, 0) is 42.7 Å². The highest BCUT2D eigenvalue weighted by Gasteiger charge is 2.04. The Hall–Kier alpha value is -1.74. The van der Waals surface area contributed by atoms with Gasteiger partial charge in [-0.25, -0.2) is 0 Å². The lowest BCUT2D eigenvalue weighted by Crippen LogP contribution is -2.27. The lowest BCUT2D eigenvalue weighted by atomic mass is 10.1. The summed E-state index contributed by atoms with van der Waals surface area (Å²) in [5.74, 6) is 0.0426. The maximum absolute atomic E-state index is 11.7. The van der Waals surface area contributed by atoms with Crippen LogP contribution in [0.3, 0.4) is 0 Å². The molecule has 0 spiro atoms. The zero-order valence-electron chi connectivity index (χ0n) is 10.9. The van der Waals surface area contributed by atoms with Crippen LogP contribution >= 0.6 is 11.6 Å². The van der Waals surface area contributed by atoms with Crippen molar-refractivity contribution < 1.29 is 4.79 Å². The fraction of sp³-hybridized carbons (Fsp3) is 0.267. The fourth-order valence-electron chi connectivity index (χ4n) is 1.96. The van der Waals surface area contributed by atoms with E-state index in [0.717, 1.165) is 28.3 Å². The Morgan fingerprint density at radius 2 is 2.16 bits per heavy atom. The molecular weight excluding hydrogens is 260 g/mol. The number of rotatable bonds is 5. The number of aryl methyl sites for hydroxylation is 1. The minimum absolute atomic E-state index is 0.0426. The Kier molecular flexibility index (Phi) is 4.63. The molecule has 0 aliphatic heterocycles. The molecule has 0 saturated heterocycles. The van der Waals surface area contributed by atoms with Crippen molar-refractivity contribution >= 4 is 17.5 Å². The Labute approximate surface area is 118 Å². The molecule has 0 fully saturated rings. The second-order valence-corrected chi connectivity index (χ2v) is 5.03. The lowest BCUT2D eigenvalue weighted by Gasteiger charge is -2.05. The van der Waals surface area contributed by atoms with Gasteiger partial charge in [0.25, 0.3) is 0 Å². The van der Waals surface area contributed by atoms with Crippen LogP contribution in [0.25, 0.3) is 0 Å². The highest BCUT2D eigenvalue weighted by Crippen LogP contribution is 2.10. The largest absolute Gasteiger partial charge is 0.365 e. The summed E-state index contributed by atoms with van der Waals surface area (Å²) in [6.45, 7) is 2.60. The number of benzene rings is 1. The van der Waals surface area contributed by atoms with E-state index in [1.165, 1.54) is 0 Å². The number of hydrogen-bond donors (Lipinski definition) is 2. The van der Waals surface area contributed by atoms with Crippen molar-refractivity contribution in [3.05, 3.63) is 58.4 Å². The highest BCUT2D eigenvalue weighted by atomic mass is 35.5. The van der Waals surface area contributed by atoms with E-state index in [0.29, 0.717) is 13.0 Å². The van der Waals surface area contributed by atoms with Gasteiger partial charge in [-0.3, -0.25) is 4.79 Å². The van der Waals surface area contributed by atoms with Crippen LogP contribution in [0.1, 0.15) is 16.8 Å². The molecule has 1 aromatic carbocycles. The zero-order chi connectivity index (χ0) is 13.7. The minimum Gasteiger partial charge on any atom is -0.365 e. The fourth-order valence-corrected chi connectivity index (χ4v) is 2.17. The lowest BCUT2D eigenvalue weighted by molar-refractivity contribution is -0.120. The SMILES string of the molecule is Cc1cc(CC(=O)NCCc2cccc(Cl)c2)c[nH]1. The van der Waals surface area contributed by atoms with E-state index in [1.807, 2.05) is 43.5 Å². The van der Waals surface area contributed by atoms with Gasteiger partial charge in [0, 0.05) is 23.5 Å². The molecular formula is C15H17ClN2O. The quantitative estimate of drug-likeness (QED) is 0.867. The third-order valence-corrected chi connectivity index (χ3v) is 3.11. The topological polar surface area (TPSA) is 44.9 Å². The molecule has 0 aliphatic carbocycles. The molecule has 0 bridgehead atoms. The normalized spacial score (nSPS) is 10.4. The van der Waals surface area contributed by atoms with Crippen molar-refractivity contribution in [3.8, 4) is 0 Å². The third-order valence-electron chi connectivity index (χ3n) is 2.88. The first-order chi connectivity index (χ1) is 9.13. The number of aromatic amines is 1. The summed E-state index contributed by atoms with van der Waals surface area (Å²) in [6, 6.07) is 9.67. The van der Waals surface area contributed by atoms with Crippen LogP contribution in [0.4, 0.5) is 0 Å². The van der Waals surface area contributed by atoms with E-state index in [1.54, 1.807) is 0 Å². The van der Waals surface area contributed by atoms with Crippen molar-refractivity contribution in [1.29, 1.82) is 0 Å². The molecule has 19 heavy (non-hydrogen) atoms. The summed E-state index contributed by atoms with van der Waals surface area (Å²) in [4.78, 5) is 14.8. The van der Waals surface area contributed by atoms with E-state index in [-0.39, 0.29) is 5.91 Å². The van der Waals surface area contributed by atoms with E-state index < -0.39 is 0 Å². The summed E-state index contributed by atoms with van der Waals surface area (Å²) < 4.78 is 0. The molecule has 1 heterocycles. The van der Waals surface area contributed by atoms with Crippen LogP contribution in [-0.4, -0.2) is 17.4 Å². The molecule has 0 radical (unpaired) electrons. The molecule has 0 unspecified atom stereocenters. The summed E-state index contributed by atoms with van der Waals surface area (Å²) >= 11 is 5.91. The second-order valence-electron chi connectivity index (χ2n) is 4.60. The van der Waals surface area contributed by atoms with Crippen molar-refractivity contribution in [1.82, 2.24) is 10.3 Å². The van der Waals surface area contributed by atoms with Gasteiger partial charge in [0.05, 0.1) is 6.42 Å². The molecule has 1 aromatic heterocycles. The monoisotopic (exact) mass is 276 g/mol. The number of amides is 1. The van der Waals surface area contributed by atoms with E-state index in [4.69, 9.17) is 11.6 Å². The van der Waals surface area contributed by atoms with Crippen LogP contribution in [0.15, 0.2) is 36.5 Å². The van der Waals surface area contributed by atoms with Crippen molar-refractivity contribution in [2.45, 2.75) is 19.8 Å². The number of aromatic nitrogens is 1. The van der Waals surface area contributed by atoms with Crippen LogP contribution in [0.2, 0.25) is 5.02 Å². The van der Waals surface area contributed by atoms with Crippen LogP contribution in [-0.2, 0) is 17.6 Å². The van der Waals surface area contributed by atoms with E-state index in [2.05, 4.69) is 10.3 Å². The van der Waals surface area contributed by atoms with E-state index >= 15 is 0 Å². The predicted octanol–water partition coefficient (Wildman–Crippen LogP) is 2.88. The Balaban J connectivity index is 1.75. The summed E-state index contributed by atoms with van der Waals surface area (Å²) in [6.07, 6.45) is 3.07. The average molecular weight is 277 g/mol. The van der Waals surface area contributed by atoms with Crippen LogP contribution in [0.5, 0.6) is 0 Å². The van der Waals surface area contributed by atoms with Gasteiger partial charge in [0.2, 0.25) is 5.91 Å². The molecule has 3 nitrogen and oxygen atoms in total. The molecule has 2 rings (SSSR count). The smallest absolute Gasteiger partial charge is 0.224 e. The Bertz CT molecular complexity index is 563. The molecule has 1 amide bonds. The summed E-state index contributed by atoms with van der Waals surface area (Å²) in [7, 11) is 0. The molecule has 0 aliphatic rings. The van der Waals surface area contributed by atoms with Crippen LogP contribution < -0.4 is 5.32 Å². The number of H-pyrrole nitrogens is 1. The third kappa shape index (κ3) is 4.45. The van der Waals surface area contributed by atoms with Gasteiger partial charge in [0.1, 0.15) is 0 Å². The predicted molar refractivity (Wildman–Crippen MR) is 77.4 cm³/mol. The van der Waals surface area contributed by atoms with Crippen molar-refractivity contribution in [2.75, 3.05) is 6.54 Å². The first kappa shape index (κ1) is 13.7. The highest BCUT2D eigenvalue weighted by molar-refractivity contribution is 6.30.